The van der Waals surface area contributed by atoms with Gasteiger partial charge in [-0.05, 0) is 42.5 Å². The van der Waals surface area contributed by atoms with Crippen LogP contribution in [-0.2, 0) is 36.4 Å². The monoisotopic (exact) mass is 477 g/mol. The highest BCUT2D eigenvalue weighted by molar-refractivity contribution is 7.91. The van der Waals surface area contributed by atoms with Gasteiger partial charge in [-0.1, -0.05) is 73.3 Å². The molecule has 0 saturated carbocycles. The third-order valence-electron chi connectivity index (χ3n) is 5.56. The number of amides is 1. The van der Waals surface area contributed by atoms with Gasteiger partial charge in [-0.2, -0.15) is 5.06 Å². The molecule has 0 aromatic heterocycles. The van der Waals surface area contributed by atoms with Crippen LogP contribution >= 0.6 is 11.6 Å². The SMILES string of the molecule is CC(=O)ON1C(=O)C(CCCCCCc2ccc(Cl)cc2)C1S(=O)(=O)Cc1ccccc1. The number of nitrogens with zero attached hydrogens (tertiary/aromatic N) is 1. The van der Waals surface area contributed by atoms with Crippen molar-refractivity contribution in [1.29, 1.82) is 0 Å². The number of benzene rings is 2. The van der Waals surface area contributed by atoms with E-state index in [9.17, 15) is 18.0 Å². The second-order valence-electron chi connectivity index (χ2n) is 8.12. The van der Waals surface area contributed by atoms with Crippen LogP contribution in [0.3, 0.4) is 0 Å². The number of carbonyl (C=O) groups is 2. The minimum atomic E-state index is -3.72. The van der Waals surface area contributed by atoms with Crippen LogP contribution < -0.4 is 0 Å². The van der Waals surface area contributed by atoms with E-state index in [1.165, 1.54) is 5.56 Å². The van der Waals surface area contributed by atoms with E-state index in [2.05, 4.69) is 0 Å². The summed E-state index contributed by atoms with van der Waals surface area (Å²) in [6, 6.07) is 16.6. The lowest BCUT2D eigenvalue weighted by atomic mass is 9.93. The molecule has 0 radical (unpaired) electrons. The predicted octanol–water partition coefficient (Wildman–Crippen LogP) is 4.71. The molecule has 6 nitrogen and oxygen atoms in total. The van der Waals surface area contributed by atoms with E-state index in [0.29, 0.717) is 12.0 Å². The maximum atomic E-state index is 13.1. The van der Waals surface area contributed by atoms with E-state index < -0.39 is 33.0 Å². The van der Waals surface area contributed by atoms with Crippen molar-refractivity contribution < 1.29 is 22.8 Å². The zero-order chi connectivity index (χ0) is 23.1. The molecule has 1 fully saturated rings. The fourth-order valence-corrected chi connectivity index (χ4v) is 6.13. The van der Waals surface area contributed by atoms with Gasteiger partial charge in [0.1, 0.15) is 0 Å². The number of aryl methyl sites for hydroxylation is 1. The zero-order valence-corrected chi connectivity index (χ0v) is 19.6. The van der Waals surface area contributed by atoms with Crippen LogP contribution in [0.4, 0.5) is 0 Å². The van der Waals surface area contributed by atoms with Crippen LogP contribution in [0.25, 0.3) is 0 Å². The molecule has 2 unspecified atom stereocenters. The molecule has 32 heavy (non-hydrogen) atoms. The van der Waals surface area contributed by atoms with Gasteiger partial charge in [0.15, 0.2) is 15.2 Å². The molecule has 8 heteroatoms. The molecule has 1 amide bonds. The topological polar surface area (TPSA) is 80.8 Å². The van der Waals surface area contributed by atoms with Crippen molar-refractivity contribution in [3.8, 4) is 0 Å². The third kappa shape index (κ3) is 6.33. The smallest absolute Gasteiger partial charge is 0.329 e. The number of carbonyl (C=O) groups excluding carboxylic acids is 2. The quantitative estimate of drug-likeness (QED) is 0.346. The molecule has 2 atom stereocenters. The number of hydrogen-bond acceptors (Lipinski definition) is 5. The van der Waals surface area contributed by atoms with Gasteiger partial charge in [0.05, 0.1) is 11.7 Å². The Morgan fingerprint density at radius 2 is 1.62 bits per heavy atom. The number of halogens is 1. The first-order valence-electron chi connectivity index (χ1n) is 10.8. The van der Waals surface area contributed by atoms with Gasteiger partial charge in [-0.3, -0.25) is 9.59 Å². The Hall–Kier alpha value is -2.38. The Kier molecular flexibility index (Phi) is 8.32. The number of unbranched alkanes of at least 4 members (excludes halogenated alkanes) is 3. The predicted molar refractivity (Wildman–Crippen MR) is 123 cm³/mol. The van der Waals surface area contributed by atoms with Gasteiger partial charge in [-0.25, -0.2) is 8.42 Å². The summed E-state index contributed by atoms with van der Waals surface area (Å²) in [6.07, 6.45) is 5.04. The molecule has 0 N–H and O–H groups in total. The Balaban J connectivity index is 1.53. The molecule has 2 aromatic carbocycles. The van der Waals surface area contributed by atoms with E-state index in [1.807, 2.05) is 30.3 Å². The van der Waals surface area contributed by atoms with E-state index in [1.54, 1.807) is 24.3 Å². The van der Waals surface area contributed by atoms with Crippen molar-refractivity contribution in [3.05, 3.63) is 70.7 Å². The molecule has 1 aliphatic heterocycles. The molecule has 1 heterocycles. The molecular formula is C24H28ClNO5S. The maximum absolute atomic E-state index is 13.1. The molecule has 0 spiro atoms. The maximum Gasteiger partial charge on any atom is 0.329 e. The van der Waals surface area contributed by atoms with E-state index in [0.717, 1.165) is 49.1 Å². The summed E-state index contributed by atoms with van der Waals surface area (Å²) in [5.74, 6) is -2.04. The van der Waals surface area contributed by atoms with Crippen molar-refractivity contribution in [2.75, 3.05) is 0 Å². The molecule has 172 valence electrons. The molecule has 3 rings (SSSR count). The Bertz CT molecular complexity index is 1020. The van der Waals surface area contributed by atoms with Crippen LogP contribution in [0.5, 0.6) is 0 Å². The molecule has 2 aromatic rings. The summed E-state index contributed by atoms with van der Waals surface area (Å²) in [4.78, 5) is 28.8. The summed E-state index contributed by atoms with van der Waals surface area (Å²) in [5.41, 5.74) is 1.86. The standard InChI is InChI=1S/C24H28ClNO5S/c1-18(27)31-26-23(28)22(24(26)32(29,30)17-20-10-6-4-7-11-20)12-8-3-2-5-9-19-13-15-21(25)16-14-19/h4,6-7,10-11,13-16,22,24H,2-3,5,8-9,12,17H2,1H3. The highest BCUT2D eigenvalue weighted by Gasteiger charge is 2.56. The molecule has 1 saturated heterocycles. The number of β-lactam (4-membered cyclic amide) rings is 1. The third-order valence-corrected chi connectivity index (χ3v) is 7.80. The van der Waals surface area contributed by atoms with Crippen LogP contribution in [0, 0.1) is 5.92 Å². The van der Waals surface area contributed by atoms with Gasteiger partial charge in [0.25, 0.3) is 5.91 Å². The van der Waals surface area contributed by atoms with Gasteiger partial charge in [0, 0.05) is 11.9 Å². The van der Waals surface area contributed by atoms with E-state index in [4.69, 9.17) is 16.4 Å². The first-order chi connectivity index (χ1) is 15.3. The van der Waals surface area contributed by atoms with E-state index in [-0.39, 0.29) is 5.75 Å². The van der Waals surface area contributed by atoms with Gasteiger partial charge in [-0.15, -0.1) is 0 Å². The zero-order valence-electron chi connectivity index (χ0n) is 18.1. The number of hydrogen-bond donors (Lipinski definition) is 0. The van der Waals surface area contributed by atoms with Crippen LogP contribution in [-0.4, -0.2) is 30.7 Å². The lowest BCUT2D eigenvalue weighted by Gasteiger charge is -2.43. The van der Waals surface area contributed by atoms with Crippen molar-refractivity contribution in [1.82, 2.24) is 5.06 Å². The minimum absolute atomic E-state index is 0.207. The molecule has 0 bridgehead atoms. The van der Waals surface area contributed by atoms with Crippen molar-refractivity contribution in [3.63, 3.8) is 0 Å². The lowest BCUT2D eigenvalue weighted by Crippen LogP contribution is -2.64. The van der Waals surface area contributed by atoms with E-state index >= 15 is 0 Å². The number of sulfone groups is 1. The first-order valence-corrected chi connectivity index (χ1v) is 12.9. The van der Waals surface area contributed by atoms with Gasteiger partial charge in [0.2, 0.25) is 0 Å². The Labute approximate surface area is 194 Å². The average Bonchev–Trinajstić information content (AvgIpc) is 2.75. The summed E-state index contributed by atoms with van der Waals surface area (Å²) in [5, 5.41) is 0.331. The summed E-state index contributed by atoms with van der Waals surface area (Å²) >= 11 is 5.90. The molecule has 1 aliphatic rings. The van der Waals surface area contributed by atoms with Gasteiger partial charge < -0.3 is 4.84 Å². The normalized spacial score (nSPS) is 18.3. The van der Waals surface area contributed by atoms with Crippen molar-refractivity contribution in [2.24, 2.45) is 5.92 Å². The van der Waals surface area contributed by atoms with Crippen LogP contribution in [0.2, 0.25) is 5.02 Å². The van der Waals surface area contributed by atoms with Crippen LogP contribution in [0.1, 0.15) is 50.2 Å². The second kappa shape index (κ2) is 11.0. The fraction of sp³-hybridized carbons (Fsp3) is 0.417. The molecular weight excluding hydrogens is 450 g/mol. The second-order valence-corrected chi connectivity index (χ2v) is 10.6. The number of hydroxylamine groups is 2. The van der Waals surface area contributed by atoms with Crippen LogP contribution in [0.15, 0.2) is 54.6 Å². The highest BCUT2D eigenvalue weighted by atomic mass is 35.5. The summed E-state index contributed by atoms with van der Waals surface area (Å²) in [7, 11) is -3.72. The Morgan fingerprint density at radius 1 is 0.969 bits per heavy atom. The van der Waals surface area contributed by atoms with Gasteiger partial charge >= 0.3 is 5.97 Å². The summed E-state index contributed by atoms with van der Waals surface area (Å²) in [6.45, 7) is 1.15. The Morgan fingerprint density at radius 3 is 2.28 bits per heavy atom. The number of rotatable bonds is 11. The summed E-state index contributed by atoms with van der Waals surface area (Å²) < 4.78 is 26.1. The average molecular weight is 478 g/mol. The van der Waals surface area contributed by atoms with Crippen molar-refractivity contribution >= 4 is 33.3 Å². The minimum Gasteiger partial charge on any atom is -0.337 e. The fourth-order valence-electron chi connectivity index (χ4n) is 3.98. The van der Waals surface area contributed by atoms with Crippen molar-refractivity contribution in [2.45, 2.75) is 56.6 Å². The first kappa shape index (κ1) is 24.3. The lowest BCUT2D eigenvalue weighted by molar-refractivity contribution is -0.226. The highest BCUT2D eigenvalue weighted by Crippen LogP contribution is 2.36. The molecule has 0 aliphatic carbocycles. The largest absolute Gasteiger partial charge is 0.337 e.